The summed E-state index contributed by atoms with van der Waals surface area (Å²) in [4.78, 5) is 16.2. The van der Waals surface area contributed by atoms with Gasteiger partial charge in [0.15, 0.2) is 0 Å². The minimum Gasteiger partial charge on any atom is -0.330 e. The molecule has 1 aliphatic carbocycles. The second-order valence-corrected chi connectivity index (χ2v) is 6.73. The molecule has 1 aliphatic heterocycles. The lowest BCUT2D eigenvalue weighted by Crippen LogP contribution is -3.18. The van der Waals surface area contributed by atoms with E-state index in [2.05, 4.69) is 0 Å². The van der Waals surface area contributed by atoms with Crippen molar-refractivity contribution in [2.24, 2.45) is 0 Å². The molecule has 0 spiro atoms. The van der Waals surface area contributed by atoms with Gasteiger partial charge >= 0.3 is 0 Å². The fourth-order valence-corrected chi connectivity index (χ4v) is 3.91. The van der Waals surface area contributed by atoms with Gasteiger partial charge in [0.05, 0.1) is 32.2 Å². The third kappa shape index (κ3) is 3.58. The van der Waals surface area contributed by atoms with E-state index in [4.69, 9.17) is 11.6 Å². The molecule has 0 bridgehead atoms. The molecule has 0 aromatic heterocycles. The van der Waals surface area contributed by atoms with E-state index in [0.717, 1.165) is 32.2 Å². The number of piperazine rings is 1. The first-order chi connectivity index (χ1) is 10.2. The lowest BCUT2D eigenvalue weighted by molar-refractivity contribution is -0.930. The van der Waals surface area contributed by atoms with Crippen LogP contribution < -0.4 is 4.90 Å². The van der Waals surface area contributed by atoms with E-state index in [9.17, 15) is 4.79 Å². The first-order valence-electron chi connectivity index (χ1n) is 8.13. The molecule has 0 radical (unpaired) electrons. The van der Waals surface area contributed by atoms with Crippen LogP contribution in [0.15, 0.2) is 24.3 Å². The van der Waals surface area contributed by atoms with E-state index in [1.165, 1.54) is 32.1 Å². The fraction of sp³-hybridized carbons (Fsp3) is 0.588. The summed E-state index contributed by atoms with van der Waals surface area (Å²) in [5.74, 6) is 0.125. The van der Waals surface area contributed by atoms with Crippen LogP contribution in [0.25, 0.3) is 0 Å². The molecule has 0 atom stereocenters. The fourth-order valence-electron chi connectivity index (χ4n) is 3.72. The zero-order valence-corrected chi connectivity index (χ0v) is 13.2. The molecular weight excluding hydrogens is 284 g/mol. The lowest BCUT2D eigenvalue weighted by atomic mass is 9.94. The molecule has 1 amide bonds. The third-order valence-electron chi connectivity index (χ3n) is 4.95. The van der Waals surface area contributed by atoms with Crippen LogP contribution in [0.4, 0.5) is 0 Å². The van der Waals surface area contributed by atoms with Gasteiger partial charge in [0.25, 0.3) is 5.91 Å². The van der Waals surface area contributed by atoms with Crippen molar-refractivity contribution in [1.82, 2.24) is 4.90 Å². The van der Waals surface area contributed by atoms with Crippen LogP contribution in [0.5, 0.6) is 0 Å². The number of nitrogens with zero attached hydrogens (tertiary/aromatic N) is 1. The number of rotatable bonds is 2. The van der Waals surface area contributed by atoms with Crippen molar-refractivity contribution in [2.45, 2.75) is 38.1 Å². The van der Waals surface area contributed by atoms with Gasteiger partial charge in [-0.05, 0) is 43.9 Å². The van der Waals surface area contributed by atoms with E-state index < -0.39 is 0 Å². The van der Waals surface area contributed by atoms with E-state index in [-0.39, 0.29) is 5.91 Å². The van der Waals surface area contributed by atoms with Gasteiger partial charge in [-0.3, -0.25) is 4.79 Å². The largest absolute Gasteiger partial charge is 0.330 e. The molecule has 3 rings (SSSR count). The maximum atomic E-state index is 12.5. The van der Waals surface area contributed by atoms with Crippen LogP contribution in [0.3, 0.4) is 0 Å². The lowest BCUT2D eigenvalue weighted by Gasteiger charge is -2.38. The number of carbonyl (C=O) groups is 1. The molecule has 21 heavy (non-hydrogen) atoms. The quantitative estimate of drug-likeness (QED) is 0.888. The van der Waals surface area contributed by atoms with Gasteiger partial charge < -0.3 is 9.80 Å². The van der Waals surface area contributed by atoms with Gasteiger partial charge in [0.1, 0.15) is 0 Å². The Morgan fingerprint density at radius 1 is 1.14 bits per heavy atom. The first kappa shape index (κ1) is 14.9. The summed E-state index contributed by atoms with van der Waals surface area (Å²) in [7, 11) is 0. The molecular formula is C17H24ClN2O+. The molecule has 114 valence electrons. The van der Waals surface area contributed by atoms with Crippen molar-refractivity contribution in [3.8, 4) is 0 Å². The Hall–Kier alpha value is -1.06. The number of benzene rings is 1. The number of carbonyl (C=O) groups excluding carboxylic acids is 1. The predicted molar refractivity (Wildman–Crippen MR) is 84.9 cm³/mol. The standard InChI is InChI=1S/C17H23ClN2O/c18-15-6-4-5-14(13-15)17(21)20-11-9-19(10-12-20)16-7-2-1-3-8-16/h4-6,13,16H,1-3,7-12H2/p+1. The molecule has 2 aliphatic rings. The Kier molecular flexibility index (Phi) is 4.81. The van der Waals surface area contributed by atoms with E-state index in [1.807, 2.05) is 23.1 Å². The first-order valence-corrected chi connectivity index (χ1v) is 8.51. The van der Waals surface area contributed by atoms with Gasteiger partial charge in [-0.2, -0.15) is 0 Å². The van der Waals surface area contributed by atoms with Crippen molar-refractivity contribution in [3.05, 3.63) is 34.9 Å². The number of quaternary nitrogens is 1. The second kappa shape index (κ2) is 6.80. The summed E-state index contributed by atoms with van der Waals surface area (Å²) in [6.45, 7) is 3.93. The summed E-state index contributed by atoms with van der Waals surface area (Å²) in [6.07, 6.45) is 6.93. The smallest absolute Gasteiger partial charge is 0.254 e. The molecule has 1 aromatic carbocycles. The van der Waals surface area contributed by atoms with Crippen LogP contribution in [0.1, 0.15) is 42.5 Å². The van der Waals surface area contributed by atoms with Crippen molar-refractivity contribution in [3.63, 3.8) is 0 Å². The predicted octanol–water partition coefficient (Wildman–Crippen LogP) is 2.01. The molecule has 1 saturated carbocycles. The average molecular weight is 308 g/mol. The molecule has 3 nitrogen and oxygen atoms in total. The molecule has 4 heteroatoms. The SMILES string of the molecule is O=C(c1cccc(Cl)c1)N1CC[NH+](C2CCCCC2)CC1. The minimum absolute atomic E-state index is 0.125. The van der Waals surface area contributed by atoms with Gasteiger partial charge in [-0.25, -0.2) is 0 Å². The van der Waals surface area contributed by atoms with Gasteiger partial charge in [0, 0.05) is 10.6 Å². The molecule has 1 saturated heterocycles. The summed E-state index contributed by atoms with van der Waals surface area (Å²) >= 11 is 5.98. The highest BCUT2D eigenvalue weighted by atomic mass is 35.5. The molecule has 1 aromatic rings. The van der Waals surface area contributed by atoms with Crippen LogP contribution in [-0.2, 0) is 0 Å². The third-order valence-corrected chi connectivity index (χ3v) is 5.18. The number of amides is 1. The Morgan fingerprint density at radius 2 is 1.86 bits per heavy atom. The number of hydrogen-bond donors (Lipinski definition) is 1. The zero-order valence-electron chi connectivity index (χ0n) is 12.5. The van der Waals surface area contributed by atoms with Crippen LogP contribution >= 0.6 is 11.6 Å². The van der Waals surface area contributed by atoms with Crippen LogP contribution in [-0.4, -0.2) is 43.0 Å². The number of halogens is 1. The summed E-state index contributed by atoms with van der Waals surface area (Å²) < 4.78 is 0. The van der Waals surface area contributed by atoms with E-state index in [0.29, 0.717) is 10.6 Å². The Morgan fingerprint density at radius 3 is 2.52 bits per heavy atom. The molecule has 2 fully saturated rings. The van der Waals surface area contributed by atoms with Crippen molar-refractivity contribution < 1.29 is 9.69 Å². The monoisotopic (exact) mass is 307 g/mol. The van der Waals surface area contributed by atoms with Crippen molar-refractivity contribution in [1.29, 1.82) is 0 Å². The summed E-state index contributed by atoms with van der Waals surface area (Å²) in [6, 6.07) is 8.11. The highest BCUT2D eigenvalue weighted by Crippen LogP contribution is 2.16. The van der Waals surface area contributed by atoms with Crippen LogP contribution in [0, 0.1) is 0 Å². The van der Waals surface area contributed by atoms with E-state index >= 15 is 0 Å². The number of hydrogen-bond acceptors (Lipinski definition) is 1. The van der Waals surface area contributed by atoms with Crippen molar-refractivity contribution >= 4 is 17.5 Å². The number of nitrogens with one attached hydrogen (secondary N) is 1. The highest BCUT2D eigenvalue weighted by Gasteiger charge is 2.30. The maximum absolute atomic E-state index is 12.5. The molecule has 1 heterocycles. The van der Waals surface area contributed by atoms with E-state index in [1.54, 1.807) is 11.0 Å². The summed E-state index contributed by atoms with van der Waals surface area (Å²) in [5, 5.41) is 0.632. The topological polar surface area (TPSA) is 24.8 Å². The van der Waals surface area contributed by atoms with Crippen LogP contribution in [0.2, 0.25) is 5.02 Å². The van der Waals surface area contributed by atoms with Gasteiger partial charge in [0.2, 0.25) is 0 Å². The highest BCUT2D eigenvalue weighted by molar-refractivity contribution is 6.30. The Balaban J connectivity index is 1.56. The average Bonchev–Trinajstić information content (AvgIpc) is 2.55. The summed E-state index contributed by atoms with van der Waals surface area (Å²) in [5.41, 5.74) is 0.712. The van der Waals surface area contributed by atoms with Gasteiger partial charge in [-0.15, -0.1) is 0 Å². The minimum atomic E-state index is 0.125. The molecule has 0 unspecified atom stereocenters. The normalized spacial score (nSPS) is 21.5. The van der Waals surface area contributed by atoms with Crippen molar-refractivity contribution in [2.75, 3.05) is 26.2 Å². The van der Waals surface area contributed by atoms with Gasteiger partial charge in [-0.1, -0.05) is 24.1 Å². The zero-order chi connectivity index (χ0) is 14.7. The maximum Gasteiger partial charge on any atom is 0.254 e. The Bertz CT molecular complexity index is 491. The molecule has 1 N–H and O–H groups in total. The Labute approximate surface area is 131 Å². The second-order valence-electron chi connectivity index (χ2n) is 6.30.